The zero-order chi connectivity index (χ0) is 10.1. The minimum atomic E-state index is -1.21. The van der Waals surface area contributed by atoms with Crippen LogP contribution in [0.4, 0.5) is 4.79 Å². The smallest absolute Gasteiger partial charge is 0.505 e. The lowest BCUT2D eigenvalue weighted by Gasteiger charge is -1.87. The summed E-state index contributed by atoms with van der Waals surface area (Å²) in [5.41, 5.74) is 0. The van der Waals surface area contributed by atoms with Crippen molar-refractivity contribution in [1.82, 2.24) is 0 Å². The lowest BCUT2D eigenvalue weighted by molar-refractivity contribution is 0.0966. The Morgan fingerprint density at radius 1 is 1.38 bits per heavy atom. The van der Waals surface area contributed by atoms with Gasteiger partial charge in [0.25, 0.3) is 0 Å². The molecule has 0 saturated heterocycles. The summed E-state index contributed by atoms with van der Waals surface area (Å²) in [7, 11) is 0. The molecule has 0 fully saturated rings. The van der Waals surface area contributed by atoms with Crippen LogP contribution >= 0.6 is 0 Å². The van der Waals surface area contributed by atoms with E-state index in [9.17, 15) is 4.79 Å². The maximum Gasteiger partial charge on any atom is 0.505 e. The second-order valence-corrected chi connectivity index (χ2v) is 2.03. The Morgan fingerprint density at radius 3 is 2.08 bits per heavy atom. The quantitative estimate of drug-likeness (QED) is 0.656. The molecule has 0 unspecified atom stereocenters. The largest absolute Gasteiger partial charge is 0.508 e. The molecule has 0 atom stereocenters. The van der Waals surface area contributed by atoms with E-state index >= 15 is 0 Å². The van der Waals surface area contributed by atoms with Crippen LogP contribution in [0.1, 0.15) is 6.92 Å². The van der Waals surface area contributed by atoms with Gasteiger partial charge in [-0.2, -0.15) is 0 Å². The topological polar surface area (TPSA) is 66.8 Å². The van der Waals surface area contributed by atoms with Gasteiger partial charge in [-0.3, -0.25) is 0 Å². The molecule has 0 spiro atoms. The standard InChI is InChI=1S/C6H6O.C3H6O3/c7-6-4-2-1-3-5-6;1-2-6-3(4)5/h1-5,7H;2H2,1H3,(H,4,5). The molecule has 2 N–H and O–H groups in total. The van der Waals surface area contributed by atoms with Crippen molar-refractivity contribution < 1.29 is 19.7 Å². The van der Waals surface area contributed by atoms with Crippen molar-refractivity contribution in [3.63, 3.8) is 0 Å². The van der Waals surface area contributed by atoms with E-state index in [1.54, 1.807) is 31.2 Å². The van der Waals surface area contributed by atoms with Crippen LogP contribution in [0.25, 0.3) is 0 Å². The van der Waals surface area contributed by atoms with E-state index in [1.165, 1.54) is 0 Å². The number of rotatable bonds is 1. The van der Waals surface area contributed by atoms with Gasteiger partial charge in [0, 0.05) is 0 Å². The molecule has 1 aromatic rings. The van der Waals surface area contributed by atoms with Gasteiger partial charge in [0.1, 0.15) is 5.75 Å². The maximum absolute atomic E-state index is 9.38. The Hall–Kier alpha value is -1.71. The Kier molecular flexibility index (Phi) is 6.05. The molecule has 1 aromatic carbocycles. The van der Waals surface area contributed by atoms with Crippen molar-refractivity contribution >= 4 is 6.16 Å². The van der Waals surface area contributed by atoms with Crippen LogP contribution < -0.4 is 0 Å². The van der Waals surface area contributed by atoms with Crippen LogP contribution in [0, 0.1) is 0 Å². The molecule has 4 heteroatoms. The van der Waals surface area contributed by atoms with Gasteiger partial charge in [-0.15, -0.1) is 0 Å². The minimum Gasteiger partial charge on any atom is -0.508 e. The summed E-state index contributed by atoms with van der Waals surface area (Å²) in [4.78, 5) is 9.38. The summed E-state index contributed by atoms with van der Waals surface area (Å²) >= 11 is 0. The fourth-order valence-electron chi connectivity index (χ4n) is 0.551. The number of hydrogen-bond donors (Lipinski definition) is 2. The molecule has 72 valence electrons. The molecule has 0 aliphatic carbocycles. The number of carboxylic acid groups (broad SMARTS) is 1. The van der Waals surface area contributed by atoms with Crippen LogP contribution in [0.5, 0.6) is 5.75 Å². The fraction of sp³-hybridized carbons (Fsp3) is 0.222. The van der Waals surface area contributed by atoms with Crippen LogP contribution in [0.15, 0.2) is 30.3 Å². The average Bonchev–Trinajstić information content (AvgIpc) is 2.06. The highest BCUT2D eigenvalue weighted by molar-refractivity contribution is 5.56. The molecule has 13 heavy (non-hydrogen) atoms. The van der Waals surface area contributed by atoms with Gasteiger partial charge in [-0.1, -0.05) is 18.2 Å². The molecule has 0 aliphatic rings. The maximum atomic E-state index is 9.38. The first-order chi connectivity index (χ1) is 6.16. The van der Waals surface area contributed by atoms with E-state index in [0.717, 1.165) is 0 Å². The fourth-order valence-corrected chi connectivity index (χ4v) is 0.551. The number of carbonyl (C=O) groups is 1. The van der Waals surface area contributed by atoms with Gasteiger partial charge >= 0.3 is 6.16 Å². The van der Waals surface area contributed by atoms with E-state index in [4.69, 9.17) is 10.2 Å². The summed E-state index contributed by atoms with van der Waals surface area (Å²) in [6.07, 6.45) is -1.21. The molecule has 0 bridgehead atoms. The van der Waals surface area contributed by atoms with Crippen molar-refractivity contribution in [3.05, 3.63) is 30.3 Å². The summed E-state index contributed by atoms with van der Waals surface area (Å²) in [6.45, 7) is 1.85. The Morgan fingerprint density at radius 2 is 1.92 bits per heavy atom. The van der Waals surface area contributed by atoms with Gasteiger partial charge in [0.05, 0.1) is 6.61 Å². The lowest BCUT2D eigenvalue weighted by atomic mass is 10.3. The molecule has 0 heterocycles. The van der Waals surface area contributed by atoms with Crippen molar-refractivity contribution in [2.24, 2.45) is 0 Å². The van der Waals surface area contributed by atoms with E-state index in [-0.39, 0.29) is 6.61 Å². The predicted octanol–water partition coefficient (Wildman–Crippen LogP) is 2.09. The molecule has 0 aromatic heterocycles. The summed E-state index contributed by atoms with van der Waals surface area (Å²) < 4.78 is 3.96. The molecule has 4 nitrogen and oxygen atoms in total. The van der Waals surface area contributed by atoms with Gasteiger partial charge < -0.3 is 14.9 Å². The number of phenolic OH excluding ortho intramolecular Hbond substituents is 1. The Labute approximate surface area is 76.4 Å². The van der Waals surface area contributed by atoms with Gasteiger partial charge in [0.15, 0.2) is 0 Å². The third-order valence-electron chi connectivity index (χ3n) is 1.02. The summed E-state index contributed by atoms with van der Waals surface area (Å²) in [5, 5.41) is 16.3. The Bertz CT molecular complexity index is 233. The summed E-state index contributed by atoms with van der Waals surface area (Å²) in [5.74, 6) is 0.322. The first kappa shape index (κ1) is 11.3. The molecule has 0 aliphatic heterocycles. The van der Waals surface area contributed by atoms with Crippen LogP contribution in [0.2, 0.25) is 0 Å². The second-order valence-electron chi connectivity index (χ2n) is 2.03. The van der Waals surface area contributed by atoms with Crippen molar-refractivity contribution in [3.8, 4) is 5.75 Å². The van der Waals surface area contributed by atoms with Crippen molar-refractivity contribution in [2.45, 2.75) is 6.92 Å². The second kappa shape index (κ2) is 6.97. The monoisotopic (exact) mass is 184 g/mol. The number of ether oxygens (including phenoxy) is 1. The third kappa shape index (κ3) is 8.19. The number of hydrogen-bond acceptors (Lipinski definition) is 3. The van der Waals surface area contributed by atoms with Crippen molar-refractivity contribution in [1.29, 1.82) is 0 Å². The normalized spacial score (nSPS) is 8.08. The van der Waals surface area contributed by atoms with E-state index in [0.29, 0.717) is 5.75 Å². The van der Waals surface area contributed by atoms with Gasteiger partial charge in [-0.05, 0) is 19.1 Å². The van der Waals surface area contributed by atoms with Gasteiger partial charge in [0.2, 0.25) is 0 Å². The summed E-state index contributed by atoms with van der Waals surface area (Å²) in [6, 6.07) is 8.71. The first-order valence-electron chi connectivity index (χ1n) is 3.76. The number of para-hydroxylation sites is 1. The van der Waals surface area contributed by atoms with E-state index in [2.05, 4.69) is 4.74 Å². The first-order valence-corrected chi connectivity index (χ1v) is 3.76. The SMILES string of the molecule is CCOC(=O)O.Oc1ccccc1. The highest BCUT2D eigenvalue weighted by atomic mass is 16.7. The zero-order valence-corrected chi connectivity index (χ0v) is 7.30. The highest BCUT2D eigenvalue weighted by Crippen LogP contribution is 2.02. The predicted molar refractivity (Wildman–Crippen MR) is 47.8 cm³/mol. The van der Waals surface area contributed by atoms with E-state index in [1.807, 2.05) is 6.07 Å². The molecule has 0 radical (unpaired) electrons. The molecular weight excluding hydrogens is 172 g/mol. The Balaban J connectivity index is 0.000000226. The number of benzene rings is 1. The lowest BCUT2D eigenvalue weighted by Crippen LogP contribution is -1.97. The molecule has 0 amide bonds. The average molecular weight is 184 g/mol. The molecular formula is C9H12O4. The third-order valence-corrected chi connectivity index (χ3v) is 1.02. The van der Waals surface area contributed by atoms with Crippen LogP contribution in [0.3, 0.4) is 0 Å². The van der Waals surface area contributed by atoms with Crippen LogP contribution in [-0.2, 0) is 4.74 Å². The van der Waals surface area contributed by atoms with E-state index < -0.39 is 6.16 Å². The number of aromatic hydroxyl groups is 1. The molecule has 0 saturated carbocycles. The molecule has 1 rings (SSSR count). The van der Waals surface area contributed by atoms with Crippen LogP contribution in [-0.4, -0.2) is 23.0 Å². The van der Waals surface area contributed by atoms with Crippen molar-refractivity contribution in [2.75, 3.05) is 6.61 Å². The minimum absolute atomic E-state index is 0.231. The zero-order valence-electron chi connectivity index (χ0n) is 7.30. The van der Waals surface area contributed by atoms with Gasteiger partial charge in [-0.25, -0.2) is 4.79 Å². The highest BCUT2D eigenvalue weighted by Gasteiger charge is 1.86. The number of phenols is 1.